The molecule has 1 heterocycles. The van der Waals surface area contributed by atoms with E-state index in [9.17, 15) is 18.7 Å². The Morgan fingerprint density at radius 1 is 1.06 bits per heavy atom. The maximum atomic E-state index is 13.4. The van der Waals surface area contributed by atoms with Crippen LogP contribution in [0, 0.1) is 11.6 Å². The molecule has 0 saturated carbocycles. The van der Waals surface area contributed by atoms with Gasteiger partial charge in [0.15, 0.2) is 17.5 Å². The lowest BCUT2D eigenvalue weighted by atomic mass is 9.90. The fourth-order valence-corrected chi connectivity index (χ4v) is 3.85. The van der Waals surface area contributed by atoms with Gasteiger partial charge in [0.2, 0.25) is 5.91 Å². The monoisotopic (exact) mass is 423 g/mol. The van der Waals surface area contributed by atoms with Crippen molar-refractivity contribution < 1.29 is 18.7 Å². The zero-order chi connectivity index (χ0) is 22.0. The lowest BCUT2D eigenvalue weighted by Crippen LogP contribution is -2.20. The van der Waals surface area contributed by atoms with E-state index in [4.69, 9.17) is 9.97 Å². The summed E-state index contributed by atoms with van der Waals surface area (Å²) in [7, 11) is 0. The Bertz CT molecular complexity index is 1150. The minimum atomic E-state index is -0.978. The van der Waals surface area contributed by atoms with Gasteiger partial charge in [-0.1, -0.05) is 37.6 Å². The molecular formula is C24H23F2N3O2. The van der Waals surface area contributed by atoms with Crippen LogP contribution in [0.4, 0.5) is 14.6 Å². The van der Waals surface area contributed by atoms with Crippen LogP contribution in [0.3, 0.4) is 0 Å². The molecule has 0 saturated heterocycles. The third kappa shape index (κ3) is 4.46. The molecule has 0 fully saturated rings. The maximum absolute atomic E-state index is 13.4. The Morgan fingerprint density at radius 3 is 2.61 bits per heavy atom. The standard InChI is InChI=1S/C24H23F2N3O2/c1-2-3-21-24(29-22(31)12-14-5-8-18(25)19(26)11-14)28-20-9-6-16-10-15(13-30)4-7-17(16)23(20)27-21/h4-5,7-8,10-11,30H,2-3,6,9,12-13H2,1H3,(H,28,29,31). The summed E-state index contributed by atoms with van der Waals surface area (Å²) in [5.41, 5.74) is 5.70. The molecule has 1 amide bonds. The minimum absolute atomic E-state index is 0.00414. The van der Waals surface area contributed by atoms with Gasteiger partial charge in [-0.05, 0) is 48.1 Å². The summed E-state index contributed by atoms with van der Waals surface area (Å²) in [6.07, 6.45) is 2.85. The third-order valence-electron chi connectivity index (χ3n) is 5.37. The van der Waals surface area contributed by atoms with Crippen LogP contribution in [0.5, 0.6) is 0 Å². The van der Waals surface area contributed by atoms with E-state index in [1.165, 1.54) is 6.07 Å². The second-order valence-electron chi connectivity index (χ2n) is 7.69. The van der Waals surface area contributed by atoms with Crippen LogP contribution in [0.1, 0.15) is 41.4 Å². The number of fused-ring (bicyclic) bond motifs is 3. The number of anilines is 1. The van der Waals surface area contributed by atoms with Gasteiger partial charge in [0.1, 0.15) is 0 Å². The van der Waals surface area contributed by atoms with Crippen LogP contribution in [0.15, 0.2) is 36.4 Å². The van der Waals surface area contributed by atoms with E-state index < -0.39 is 11.6 Å². The Balaban J connectivity index is 1.62. The average Bonchev–Trinajstić information content (AvgIpc) is 2.76. The number of aryl methyl sites for hydroxylation is 3. The van der Waals surface area contributed by atoms with Crippen molar-refractivity contribution in [3.05, 3.63) is 76.1 Å². The number of aliphatic hydroxyl groups is 1. The lowest BCUT2D eigenvalue weighted by molar-refractivity contribution is -0.115. The minimum Gasteiger partial charge on any atom is -0.392 e. The number of amides is 1. The molecule has 0 atom stereocenters. The molecule has 1 aromatic heterocycles. The number of nitrogens with zero attached hydrogens (tertiary/aromatic N) is 2. The van der Waals surface area contributed by atoms with Gasteiger partial charge < -0.3 is 10.4 Å². The molecule has 1 aliphatic rings. The number of halogens is 2. The highest BCUT2D eigenvalue weighted by Crippen LogP contribution is 2.33. The molecule has 2 aromatic carbocycles. The molecule has 7 heteroatoms. The smallest absolute Gasteiger partial charge is 0.229 e. The summed E-state index contributed by atoms with van der Waals surface area (Å²) in [6, 6.07) is 9.27. The molecule has 0 aliphatic heterocycles. The van der Waals surface area contributed by atoms with Crippen molar-refractivity contribution in [2.45, 2.75) is 45.6 Å². The Hall–Kier alpha value is -3.19. The van der Waals surface area contributed by atoms with Gasteiger partial charge in [-0.2, -0.15) is 0 Å². The zero-order valence-electron chi connectivity index (χ0n) is 17.2. The zero-order valence-corrected chi connectivity index (χ0v) is 17.2. The first-order chi connectivity index (χ1) is 15.0. The number of benzene rings is 2. The van der Waals surface area contributed by atoms with Gasteiger partial charge in [-0.15, -0.1) is 0 Å². The van der Waals surface area contributed by atoms with Gasteiger partial charge in [-0.3, -0.25) is 4.79 Å². The maximum Gasteiger partial charge on any atom is 0.229 e. The van der Waals surface area contributed by atoms with E-state index in [1.54, 1.807) is 0 Å². The summed E-state index contributed by atoms with van der Waals surface area (Å²) < 4.78 is 26.6. The Morgan fingerprint density at radius 2 is 1.87 bits per heavy atom. The SMILES string of the molecule is CCCc1nc2c(nc1NC(=O)Cc1ccc(F)c(F)c1)CCc1cc(CO)ccc1-2. The molecule has 0 radical (unpaired) electrons. The van der Waals surface area contributed by atoms with E-state index in [-0.39, 0.29) is 18.9 Å². The number of hydrogen-bond donors (Lipinski definition) is 2. The van der Waals surface area contributed by atoms with Gasteiger partial charge in [0.05, 0.1) is 30.1 Å². The Kier molecular flexibility index (Phi) is 6.04. The molecule has 1 aliphatic carbocycles. The van der Waals surface area contributed by atoms with E-state index >= 15 is 0 Å². The first-order valence-electron chi connectivity index (χ1n) is 10.3. The first kappa shape index (κ1) is 21.1. The van der Waals surface area contributed by atoms with Crippen molar-refractivity contribution >= 4 is 11.7 Å². The normalized spacial score (nSPS) is 12.3. The highest BCUT2D eigenvalue weighted by molar-refractivity contribution is 5.92. The molecule has 160 valence electrons. The predicted molar refractivity (Wildman–Crippen MR) is 113 cm³/mol. The van der Waals surface area contributed by atoms with Crippen molar-refractivity contribution in [3.8, 4) is 11.3 Å². The van der Waals surface area contributed by atoms with Crippen molar-refractivity contribution in [2.75, 3.05) is 5.32 Å². The highest BCUT2D eigenvalue weighted by Gasteiger charge is 2.22. The molecule has 5 nitrogen and oxygen atoms in total. The summed E-state index contributed by atoms with van der Waals surface area (Å²) in [4.78, 5) is 22.1. The number of carbonyl (C=O) groups is 1. The number of rotatable bonds is 6. The van der Waals surface area contributed by atoms with Crippen molar-refractivity contribution in [1.29, 1.82) is 0 Å². The van der Waals surface area contributed by atoms with E-state index in [0.29, 0.717) is 29.9 Å². The third-order valence-corrected chi connectivity index (χ3v) is 5.37. The fraction of sp³-hybridized carbons (Fsp3) is 0.292. The number of hydrogen-bond acceptors (Lipinski definition) is 4. The molecule has 2 N–H and O–H groups in total. The molecular weight excluding hydrogens is 400 g/mol. The number of aromatic nitrogens is 2. The van der Waals surface area contributed by atoms with Crippen molar-refractivity contribution in [1.82, 2.24) is 9.97 Å². The van der Waals surface area contributed by atoms with Crippen LogP contribution >= 0.6 is 0 Å². The fourth-order valence-electron chi connectivity index (χ4n) is 3.85. The average molecular weight is 423 g/mol. The second-order valence-corrected chi connectivity index (χ2v) is 7.69. The van der Waals surface area contributed by atoms with E-state index in [0.717, 1.165) is 53.1 Å². The highest BCUT2D eigenvalue weighted by atomic mass is 19.2. The lowest BCUT2D eigenvalue weighted by Gasteiger charge is -2.21. The van der Waals surface area contributed by atoms with Crippen LogP contribution in [0.25, 0.3) is 11.3 Å². The van der Waals surface area contributed by atoms with Crippen LogP contribution in [-0.2, 0) is 37.1 Å². The summed E-state index contributed by atoms with van der Waals surface area (Å²) >= 11 is 0. The first-order valence-corrected chi connectivity index (χ1v) is 10.3. The number of nitrogens with one attached hydrogen (secondary N) is 1. The van der Waals surface area contributed by atoms with Crippen LogP contribution < -0.4 is 5.32 Å². The molecule has 0 bridgehead atoms. The number of carbonyl (C=O) groups excluding carboxylic acids is 1. The second kappa shape index (κ2) is 8.89. The van der Waals surface area contributed by atoms with Gasteiger partial charge in [0.25, 0.3) is 0 Å². The molecule has 0 unspecified atom stereocenters. The van der Waals surface area contributed by atoms with Gasteiger partial charge >= 0.3 is 0 Å². The van der Waals surface area contributed by atoms with Gasteiger partial charge in [-0.25, -0.2) is 18.7 Å². The number of aliphatic hydroxyl groups excluding tert-OH is 1. The van der Waals surface area contributed by atoms with Crippen LogP contribution in [0.2, 0.25) is 0 Å². The van der Waals surface area contributed by atoms with Crippen molar-refractivity contribution in [2.24, 2.45) is 0 Å². The summed E-state index contributed by atoms with van der Waals surface area (Å²) in [6.45, 7) is 2.02. The Labute approximate surface area is 179 Å². The van der Waals surface area contributed by atoms with Crippen LogP contribution in [-0.4, -0.2) is 21.0 Å². The summed E-state index contributed by atoms with van der Waals surface area (Å²) in [5.74, 6) is -1.86. The predicted octanol–water partition coefficient (Wildman–Crippen LogP) is 4.15. The summed E-state index contributed by atoms with van der Waals surface area (Å²) in [5, 5.41) is 12.2. The van der Waals surface area contributed by atoms with Crippen molar-refractivity contribution in [3.63, 3.8) is 0 Å². The largest absolute Gasteiger partial charge is 0.392 e. The molecule has 3 aromatic rings. The van der Waals surface area contributed by atoms with E-state index in [2.05, 4.69) is 5.32 Å². The molecule has 0 spiro atoms. The quantitative estimate of drug-likeness (QED) is 0.625. The molecule has 31 heavy (non-hydrogen) atoms. The topological polar surface area (TPSA) is 75.1 Å². The van der Waals surface area contributed by atoms with Gasteiger partial charge in [0, 0.05) is 5.56 Å². The molecule has 4 rings (SSSR count). The van der Waals surface area contributed by atoms with E-state index in [1.807, 2.05) is 25.1 Å².